The first-order valence-electron chi connectivity index (χ1n) is 10.6. The average Bonchev–Trinajstić information content (AvgIpc) is 3.45. The number of hydrogen-bond donors (Lipinski definition) is 0. The van der Waals surface area contributed by atoms with Crippen molar-refractivity contribution in [2.24, 2.45) is 0 Å². The summed E-state index contributed by atoms with van der Waals surface area (Å²) in [5, 5.41) is 5.48. The lowest BCUT2D eigenvalue weighted by Crippen LogP contribution is -2.30. The van der Waals surface area contributed by atoms with E-state index in [0.717, 1.165) is 41.5 Å². The SMILES string of the molecule is O=C(Cn1c(=O)n2nc(-c3cccnc3)nc2c2c3c(sc21)CCCC3)c1ccccc1. The fourth-order valence-corrected chi connectivity index (χ4v) is 5.77. The summed E-state index contributed by atoms with van der Waals surface area (Å²) in [6, 6.07) is 12.8. The second-order valence-electron chi connectivity index (χ2n) is 7.96. The Morgan fingerprint density at radius 1 is 1.06 bits per heavy atom. The van der Waals surface area contributed by atoms with Gasteiger partial charge in [-0.15, -0.1) is 16.4 Å². The Hall–Kier alpha value is -3.65. The van der Waals surface area contributed by atoms with Gasteiger partial charge in [-0.05, 0) is 43.4 Å². The zero-order chi connectivity index (χ0) is 21.7. The first-order valence-corrected chi connectivity index (χ1v) is 11.4. The van der Waals surface area contributed by atoms with Crippen LogP contribution in [0.1, 0.15) is 33.6 Å². The molecule has 0 amide bonds. The van der Waals surface area contributed by atoms with Gasteiger partial charge < -0.3 is 0 Å². The molecule has 0 saturated carbocycles. The summed E-state index contributed by atoms with van der Waals surface area (Å²) in [4.78, 5) is 37.5. The smallest absolute Gasteiger partial charge is 0.292 e. The fraction of sp³-hybridized carbons (Fsp3) is 0.208. The number of thiophene rings is 1. The summed E-state index contributed by atoms with van der Waals surface area (Å²) in [6.45, 7) is -0.0310. The van der Waals surface area contributed by atoms with Crippen LogP contribution in [0.15, 0.2) is 59.7 Å². The molecule has 0 N–H and O–H groups in total. The molecule has 0 aliphatic heterocycles. The molecule has 0 saturated heterocycles. The Labute approximate surface area is 187 Å². The van der Waals surface area contributed by atoms with Gasteiger partial charge in [0.1, 0.15) is 4.83 Å². The van der Waals surface area contributed by atoms with Gasteiger partial charge in [-0.1, -0.05) is 30.3 Å². The van der Waals surface area contributed by atoms with Crippen LogP contribution < -0.4 is 5.69 Å². The maximum atomic E-state index is 13.5. The molecule has 0 fully saturated rings. The molecule has 0 unspecified atom stereocenters. The Balaban J connectivity index is 1.61. The van der Waals surface area contributed by atoms with Crippen molar-refractivity contribution < 1.29 is 4.79 Å². The van der Waals surface area contributed by atoms with Crippen LogP contribution in [0.25, 0.3) is 27.3 Å². The van der Waals surface area contributed by atoms with Gasteiger partial charge in [0.05, 0.1) is 11.9 Å². The van der Waals surface area contributed by atoms with E-state index in [2.05, 4.69) is 10.1 Å². The Morgan fingerprint density at radius 3 is 2.72 bits per heavy atom. The molecule has 8 heteroatoms. The summed E-state index contributed by atoms with van der Waals surface area (Å²) < 4.78 is 2.92. The van der Waals surface area contributed by atoms with Crippen LogP contribution in [0.2, 0.25) is 0 Å². The predicted octanol–water partition coefficient (Wildman–Crippen LogP) is 3.93. The highest BCUT2D eigenvalue weighted by Crippen LogP contribution is 2.38. The van der Waals surface area contributed by atoms with Gasteiger partial charge in [-0.25, -0.2) is 9.78 Å². The fourth-order valence-electron chi connectivity index (χ4n) is 4.40. The second-order valence-corrected chi connectivity index (χ2v) is 9.05. The van der Waals surface area contributed by atoms with E-state index in [1.165, 1.54) is 15.0 Å². The summed E-state index contributed by atoms with van der Waals surface area (Å²) >= 11 is 1.61. The molecular weight excluding hydrogens is 422 g/mol. The van der Waals surface area contributed by atoms with E-state index in [-0.39, 0.29) is 18.0 Å². The first-order chi connectivity index (χ1) is 15.7. The number of nitrogens with zero attached hydrogens (tertiary/aromatic N) is 5. The minimum absolute atomic E-state index is 0.0310. The van der Waals surface area contributed by atoms with Crippen LogP contribution in [0.5, 0.6) is 0 Å². The van der Waals surface area contributed by atoms with Crippen molar-refractivity contribution in [1.29, 1.82) is 0 Å². The molecule has 0 radical (unpaired) electrons. The van der Waals surface area contributed by atoms with E-state index < -0.39 is 0 Å². The molecule has 32 heavy (non-hydrogen) atoms. The molecule has 158 valence electrons. The topological polar surface area (TPSA) is 82.2 Å². The summed E-state index contributed by atoms with van der Waals surface area (Å²) in [7, 11) is 0. The van der Waals surface area contributed by atoms with Crippen LogP contribution in [-0.4, -0.2) is 29.9 Å². The Kier molecular flexibility index (Phi) is 4.46. The van der Waals surface area contributed by atoms with Gasteiger partial charge in [0.25, 0.3) is 0 Å². The number of hydrogen-bond acceptors (Lipinski definition) is 6. The van der Waals surface area contributed by atoms with Crippen LogP contribution in [0.4, 0.5) is 0 Å². The lowest BCUT2D eigenvalue weighted by Gasteiger charge is -2.11. The molecule has 4 heterocycles. The zero-order valence-electron chi connectivity index (χ0n) is 17.2. The van der Waals surface area contributed by atoms with E-state index >= 15 is 0 Å². The summed E-state index contributed by atoms with van der Waals surface area (Å²) in [5.74, 6) is 0.353. The number of aryl methyl sites for hydroxylation is 2. The minimum atomic E-state index is -0.349. The normalized spacial score (nSPS) is 13.5. The minimum Gasteiger partial charge on any atom is -0.292 e. The van der Waals surface area contributed by atoms with Gasteiger partial charge in [0, 0.05) is 28.4 Å². The highest BCUT2D eigenvalue weighted by molar-refractivity contribution is 7.19. The van der Waals surface area contributed by atoms with E-state index in [1.54, 1.807) is 40.4 Å². The van der Waals surface area contributed by atoms with E-state index in [9.17, 15) is 9.59 Å². The maximum Gasteiger partial charge on any atom is 0.352 e. The number of Topliss-reactive ketones (excluding diaryl/α,β-unsaturated/α-hetero) is 1. The average molecular weight is 442 g/mol. The number of carbonyl (C=O) groups is 1. The number of carbonyl (C=O) groups excluding carboxylic acids is 1. The number of ketones is 1. The van der Waals surface area contributed by atoms with Crippen LogP contribution in [-0.2, 0) is 19.4 Å². The number of benzene rings is 1. The third-order valence-electron chi connectivity index (χ3n) is 5.96. The van der Waals surface area contributed by atoms with Crippen LogP contribution in [0.3, 0.4) is 0 Å². The van der Waals surface area contributed by atoms with Crippen molar-refractivity contribution in [3.63, 3.8) is 0 Å². The molecule has 1 aromatic carbocycles. The predicted molar refractivity (Wildman–Crippen MR) is 123 cm³/mol. The van der Waals surface area contributed by atoms with E-state index in [1.807, 2.05) is 30.3 Å². The lowest BCUT2D eigenvalue weighted by molar-refractivity contribution is 0.0972. The van der Waals surface area contributed by atoms with Crippen molar-refractivity contribution in [3.05, 3.63) is 81.3 Å². The standard InChI is InChI=1S/C24H19N5O2S/c30-18(15-7-2-1-3-8-15)14-28-23-20(17-10-4-5-11-19(17)32-23)22-26-21(27-29(22)24(28)31)16-9-6-12-25-13-16/h1-3,6-9,12-13H,4-5,10-11,14H2. The quantitative estimate of drug-likeness (QED) is 0.395. The summed E-state index contributed by atoms with van der Waals surface area (Å²) in [6.07, 6.45) is 7.56. The second kappa shape index (κ2) is 7.49. The van der Waals surface area contributed by atoms with Crippen molar-refractivity contribution in [3.8, 4) is 11.4 Å². The molecule has 7 nitrogen and oxygen atoms in total. The van der Waals surface area contributed by atoms with Crippen LogP contribution in [0, 0.1) is 0 Å². The molecule has 0 spiro atoms. The molecule has 1 aliphatic rings. The van der Waals surface area contributed by atoms with Gasteiger partial charge >= 0.3 is 5.69 Å². The maximum absolute atomic E-state index is 13.5. The van der Waals surface area contributed by atoms with Gasteiger partial charge in [0.2, 0.25) is 0 Å². The third kappa shape index (κ3) is 2.98. The Bertz CT molecular complexity index is 1530. The molecule has 1 aliphatic carbocycles. The first kappa shape index (κ1) is 19.1. The van der Waals surface area contributed by atoms with E-state index in [0.29, 0.717) is 17.0 Å². The number of fused-ring (bicyclic) bond motifs is 5. The van der Waals surface area contributed by atoms with Crippen molar-refractivity contribution in [1.82, 2.24) is 24.1 Å². The highest BCUT2D eigenvalue weighted by Gasteiger charge is 2.25. The number of pyridine rings is 1. The monoisotopic (exact) mass is 441 g/mol. The van der Waals surface area contributed by atoms with Gasteiger partial charge in [0.15, 0.2) is 17.3 Å². The molecule has 0 bridgehead atoms. The largest absolute Gasteiger partial charge is 0.352 e. The molecule has 6 rings (SSSR count). The lowest BCUT2D eigenvalue weighted by atomic mass is 9.97. The van der Waals surface area contributed by atoms with E-state index in [4.69, 9.17) is 4.98 Å². The number of aromatic nitrogens is 5. The zero-order valence-corrected chi connectivity index (χ0v) is 18.0. The molecular formula is C24H19N5O2S. The highest BCUT2D eigenvalue weighted by atomic mass is 32.1. The molecule has 0 atom stereocenters. The summed E-state index contributed by atoms with van der Waals surface area (Å²) in [5.41, 5.74) is 2.79. The molecule has 4 aromatic heterocycles. The van der Waals surface area contributed by atoms with Crippen LogP contribution >= 0.6 is 11.3 Å². The Morgan fingerprint density at radius 2 is 1.91 bits per heavy atom. The van der Waals surface area contributed by atoms with Gasteiger partial charge in [-0.3, -0.25) is 14.3 Å². The van der Waals surface area contributed by atoms with Crippen molar-refractivity contribution >= 4 is 33.0 Å². The number of rotatable bonds is 4. The van der Waals surface area contributed by atoms with Crippen molar-refractivity contribution in [2.75, 3.05) is 0 Å². The molecule has 5 aromatic rings. The van der Waals surface area contributed by atoms with Crippen molar-refractivity contribution in [2.45, 2.75) is 32.2 Å². The third-order valence-corrected chi connectivity index (χ3v) is 7.27. The van der Waals surface area contributed by atoms with Gasteiger partial charge in [-0.2, -0.15) is 4.52 Å².